The van der Waals surface area contributed by atoms with Crippen molar-refractivity contribution >= 4 is 0 Å². The molecule has 0 aromatic heterocycles. The van der Waals surface area contributed by atoms with E-state index < -0.39 is 0 Å². The Balaban J connectivity index is 3.16. The minimum Gasteiger partial charge on any atom is -0.308 e. The first-order chi connectivity index (χ1) is 11.4. The van der Waals surface area contributed by atoms with Crippen molar-refractivity contribution in [2.45, 2.75) is 92.2 Å². The van der Waals surface area contributed by atoms with Crippen LogP contribution in [0.25, 0.3) is 0 Å². The summed E-state index contributed by atoms with van der Waals surface area (Å²) >= 11 is 0. The largest absolute Gasteiger partial charge is 0.308 e. The molecule has 0 amide bonds. The van der Waals surface area contributed by atoms with Gasteiger partial charge in [-0.3, -0.25) is 5.43 Å². The Kier molecular flexibility index (Phi) is 9.54. The molecule has 0 aromatic carbocycles. The van der Waals surface area contributed by atoms with E-state index in [-0.39, 0.29) is 5.54 Å². The van der Waals surface area contributed by atoms with Gasteiger partial charge in [-0.1, -0.05) is 52.2 Å². The highest BCUT2D eigenvalue weighted by Gasteiger charge is 2.40. The summed E-state index contributed by atoms with van der Waals surface area (Å²) < 4.78 is 0. The second-order valence-corrected chi connectivity index (χ2v) is 7.87. The summed E-state index contributed by atoms with van der Waals surface area (Å²) in [5, 5.41) is 6.31. The Morgan fingerprint density at radius 3 is 2.58 bits per heavy atom. The van der Waals surface area contributed by atoms with Gasteiger partial charge in [-0.15, -0.1) is 0 Å². The molecule has 0 saturated carbocycles. The maximum Gasteiger partial charge on any atom is 0.0406 e. The summed E-state index contributed by atoms with van der Waals surface area (Å²) in [4.78, 5) is 0. The standard InChI is InChI=1S/C21H43N3/c1-8-17(5)16-20-19(14-12-13-15-24(11-4)23-20)21(7,22-10-3)18(6)9-2/h9,17,19-20,22-23H,8,10-16H2,1-7H3. The van der Waals surface area contributed by atoms with Crippen molar-refractivity contribution in [3.63, 3.8) is 0 Å². The predicted molar refractivity (Wildman–Crippen MR) is 107 cm³/mol. The Bertz CT molecular complexity index is 379. The van der Waals surface area contributed by atoms with E-state index in [4.69, 9.17) is 0 Å². The summed E-state index contributed by atoms with van der Waals surface area (Å²) in [6.07, 6.45) is 8.76. The summed E-state index contributed by atoms with van der Waals surface area (Å²) in [7, 11) is 0. The molecule has 1 saturated heterocycles. The van der Waals surface area contributed by atoms with Crippen molar-refractivity contribution in [1.29, 1.82) is 0 Å². The van der Waals surface area contributed by atoms with Crippen molar-refractivity contribution < 1.29 is 0 Å². The molecule has 2 N–H and O–H groups in total. The van der Waals surface area contributed by atoms with Crippen molar-refractivity contribution in [2.24, 2.45) is 11.8 Å². The molecular weight excluding hydrogens is 294 g/mol. The topological polar surface area (TPSA) is 27.3 Å². The van der Waals surface area contributed by atoms with Gasteiger partial charge in [-0.25, -0.2) is 5.01 Å². The number of nitrogens with zero attached hydrogens (tertiary/aromatic N) is 1. The van der Waals surface area contributed by atoms with Crippen LogP contribution in [0.3, 0.4) is 0 Å². The van der Waals surface area contributed by atoms with Crippen LogP contribution >= 0.6 is 0 Å². The Labute approximate surface area is 151 Å². The monoisotopic (exact) mass is 337 g/mol. The molecular formula is C21H43N3. The van der Waals surface area contributed by atoms with E-state index in [0.29, 0.717) is 12.0 Å². The quantitative estimate of drug-likeness (QED) is 0.626. The van der Waals surface area contributed by atoms with E-state index in [2.05, 4.69) is 70.3 Å². The van der Waals surface area contributed by atoms with Crippen molar-refractivity contribution in [1.82, 2.24) is 15.8 Å². The van der Waals surface area contributed by atoms with Crippen LogP contribution in [0.15, 0.2) is 11.6 Å². The smallest absolute Gasteiger partial charge is 0.0406 e. The molecule has 142 valence electrons. The lowest BCUT2D eigenvalue weighted by molar-refractivity contribution is 0.0695. The van der Waals surface area contributed by atoms with Gasteiger partial charge in [0.1, 0.15) is 0 Å². The van der Waals surface area contributed by atoms with Gasteiger partial charge in [0.25, 0.3) is 0 Å². The molecule has 1 aliphatic heterocycles. The first kappa shape index (κ1) is 21.7. The number of allylic oxidation sites excluding steroid dienone is 1. The molecule has 24 heavy (non-hydrogen) atoms. The minimum absolute atomic E-state index is 0.0748. The minimum atomic E-state index is 0.0748. The fraction of sp³-hybridized carbons (Fsp3) is 0.905. The molecule has 0 aromatic rings. The first-order valence-electron chi connectivity index (χ1n) is 10.3. The summed E-state index contributed by atoms with van der Waals surface area (Å²) in [5.41, 5.74) is 5.49. The third-order valence-electron chi connectivity index (χ3n) is 6.30. The zero-order valence-corrected chi connectivity index (χ0v) is 17.4. The lowest BCUT2D eigenvalue weighted by Gasteiger charge is -2.47. The molecule has 1 rings (SSSR count). The molecule has 0 aliphatic carbocycles. The average Bonchev–Trinajstić information content (AvgIpc) is 2.56. The molecule has 0 radical (unpaired) electrons. The lowest BCUT2D eigenvalue weighted by Crippen LogP contribution is -2.60. The van der Waals surface area contributed by atoms with Crippen LogP contribution in [0.1, 0.15) is 80.6 Å². The van der Waals surface area contributed by atoms with Crippen LogP contribution in [0.5, 0.6) is 0 Å². The van der Waals surface area contributed by atoms with Crippen LogP contribution in [-0.2, 0) is 0 Å². The fourth-order valence-electron chi connectivity index (χ4n) is 4.24. The first-order valence-corrected chi connectivity index (χ1v) is 10.3. The SMILES string of the molecule is CC=C(C)C(C)(NCC)C1CCCCN(CC)NC1CC(C)CC. The molecule has 1 fully saturated rings. The van der Waals surface area contributed by atoms with Gasteiger partial charge in [-0.05, 0) is 58.4 Å². The number of nitrogens with one attached hydrogen (secondary N) is 2. The van der Waals surface area contributed by atoms with Crippen molar-refractivity contribution in [3.05, 3.63) is 11.6 Å². The Morgan fingerprint density at radius 2 is 2.04 bits per heavy atom. The molecule has 3 heteroatoms. The molecule has 0 bridgehead atoms. The maximum atomic E-state index is 3.93. The maximum absolute atomic E-state index is 3.93. The Morgan fingerprint density at radius 1 is 1.33 bits per heavy atom. The van der Waals surface area contributed by atoms with Gasteiger partial charge in [-0.2, -0.15) is 0 Å². The summed E-state index contributed by atoms with van der Waals surface area (Å²) in [5.74, 6) is 1.39. The van der Waals surface area contributed by atoms with E-state index in [1.165, 1.54) is 44.2 Å². The zero-order valence-electron chi connectivity index (χ0n) is 17.4. The van der Waals surface area contributed by atoms with E-state index in [0.717, 1.165) is 19.0 Å². The van der Waals surface area contributed by atoms with E-state index >= 15 is 0 Å². The second kappa shape index (κ2) is 10.6. The van der Waals surface area contributed by atoms with Gasteiger partial charge in [0.15, 0.2) is 0 Å². The molecule has 1 heterocycles. The van der Waals surface area contributed by atoms with Crippen LogP contribution in [0.2, 0.25) is 0 Å². The van der Waals surface area contributed by atoms with Crippen LogP contribution in [-0.4, -0.2) is 36.2 Å². The van der Waals surface area contributed by atoms with E-state index in [1.807, 2.05) is 0 Å². The molecule has 3 nitrogen and oxygen atoms in total. The third-order valence-corrected chi connectivity index (χ3v) is 6.30. The highest BCUT2D eigenvalue weighted by atomic mass is 15.5. The highest BCUT2D eigenvalue weighted by Crippen LogP contribution is 2.36. The van der Waals surface area contributed by atoms with Gasteiger partial charge in [0.2, 0.25) is 0 Å². The van der Waals surface area contributed by atoms with Gasteiger partial charge in [0, 0.05) is 24.7 Å². The fourth-order valence-corrected chi connectivity index (χ4v) is 4.24. The number of hydrogen-bond donors (Lipinski definition) is 2. The lowest BCUT2D eigenvalue weighted by atomic mass is 9.71. The zero-order chi connectivity index (χ0) is 18.2. The van der Waals surface area contributed by atoms with Crippen LogP contribution in [0.4, 0.5) is 0 Å². The second-order valence-electron chi connectivity index (χ2n) is 7.87. The van der Waals surface area contributed by atoms with E-state index in [9.17, 15) is 0 Å². The van der Waals surface area contributed by atoms with Gasteiger partial charge < -0.3 is 5.32 Å². The predicted octanol–water partition coefficient (Wildman–Crippen LogP) is 4.75. The number of hydrazine groups is 1. The third kappa shape index (κ3) is 5.57. The normalized spacial score (nSPS) is 28.0. The summed E-state index contributed by atoms with van der Waals surface area (Å²) in [6.45, 7) is 19.4. The van der Waals surface area contributed by atoms with Gasteiger partial charge >= 0.3 is 0 Å². The molecule has 1 aliphatic rings. The summed E-state index contributed by atoms with van der Waals surface area (Å²) in [6, 6.07) is 0.541. The van der Waals surface area contributed by atoms with Crippen LogP contribution < -0.4 is 10.7 Å². The van der Waals surface area contributed by atoms with Crippen LogP contribution in [0, 0.1) is 11.8 Å². The van der Waals surface area contributed by atoms with Gasteiger partial charge in [0.05, 0.1) is 0 Å². The molecule has 4 atom stereocenters. The average molecular weight is 338 g/mol. The highest BCUT2D eigenvalue weighted by molar-refractivity contribution is 5.19. The van der Waals surface area contributed by atoms with Crippen molar-refractivity contribution in [2.75, 3.05) is 19.6 Å². The number of hydrogen-bond acceptors (Lipinski definition) is 3. The molecule has 4 unspecified atom stereocenters. The van der Waals surface area contributed by atoms with E-state index in [1.54, 1.807) is 0 Å². The number of rotatable bonds is 8. The van der Waals surface area contributed by atoms with Crippen molar-refractivity contribution in [3.8, 4) is 0 Å². The number of likely N-dealkylation sites (N-methyl/N-ethyl adjacent to an activating group) is 1. The Hall–Kier alpha value is -0.380. The molecule has 0 spiro atoms.